The van der Waals surface area contributed by atoms with Crippen LogP contribution in [0.2, 0.25) is 5.02 Å². The molecule has 0 radical (unpaired) electrons. The smallest absolute Gasteiger partial charge is 0.256 e. The summed E-state index contributed by atoms with van der Waals surface area (Å²) in [6.07, 6.45) is 1.74. The third kappa shape index (κ3) is 4.10. The minimum atomic E-state index is -0.812. The highest BCUT2D eigenvalue weighted by Gasteiger charge is 2.24. The third-order valence-electron chi connectivity index (χ3n) is 4.89. The molecule has 1 aliphatic heterocycles. The second-order valence-electron chi connectivity index (χ2n) is 6.87. The first kappa shape index (κ1) is 19.4. The number of carbonyl (C=O) groups excluding carboxylic acids is 1. The molecule has 0 aromatic heterocycles. The fourth-order valence-corrected chi connectivity index (χ4v) is 3.59. The predicted molar refractivity (Wildman–Crippen MR) is 108 cm³/mol. The molecule has 6 heteroatoms. The molecule has 1 aliphatic rings. The highest BCUT2D eigenvalue weighted by atomic mass is 35.5. The predicted octanol–water partition coefficient (Wildman–Crippen LogP) is 6.31. The Balaban J connectivity index is 1.67. The fraction of sp³-hybridized carbons (Fsp3) is 0.174. The van der Waals surface area contributed by atoms with E-state index >= 15 is 0 Å². The Morgan fingerprint density at radius 1 is 0.897 bits per heavy atom. The first-order valence-corrected chi connectivity index (χ1v) is 9.72. The number of amides is 1. The lowest BCUT2D eigenvalue weighted by molar-refractivity contribution is 0.0787. The number of hydrogen-bond acceptors (Lipinski definition) is 2. The Hall–Kier alpha value is -2.92. The summed E-state index contributed by atoms with van der Waals surface area (Å²) in [5.74, 6) is -2.07. The summed E-state index contributed by atoms with van der Waals surface area (Å²) >= 11 is 6.11. The van der Waals surface area contributed by atoms with Crippen molar-refractivity contribution in [3.8, 4) is 22.6 Å². The van der Waals surface area contributed by atoms with Crippen LogP contribution in [0.1, 0.15) is 23.2 Å². The van der Waals surface area contributed by atoms with Gasteiger partial charge in [-0.3, -0.25) is 4.79 Å². The van der Waals surface area contributed by atoms with Gasteiger partial charge in [-0.2, -0.15) is 0 Å². The molecule has 0 saturated carbocycles. The SMILES string of the molecule is O=C(c1cc(F)c(Oc2ccc(Cl)cc2-c2ccccc2)cc1F)N1CCCC1. The maximum Gasteiger partial charge on any atom is 0.256 e. The number of rotatable bonds is 4. The minimum absolute atomic E-state index is 0.281. The van der Waals surface area contributed by atoms with Gasteiger partial charge in [0.2, 0.25) is 0 Å². The van der Waals surface area contributed by atoms with E-state index in [1.54, 1.807) is 18.2 Å². The van der Waals surface area contributed by atoms with Crippen molar-refractivity contribution >= 4 is 17.5 Å². The standard InChI is InChI=1S/C23H18ClF2NO2/c24-16-8-9-21(17(12-16)15-6-2-1-3-7-15)29-22-14-19(25)18(13-20(22)26)23(28)27-10-4-5-11-27/h1-3,6-9,12-14H,4-5,10-11H2. The van der Waals surface area contributed by atoms with Crippen LogP contribution < -0.4 is 4.74 Å². The molecule has 3 aromatic rings. The van der Waals surface area contributed by atoms with Crippen LogP contribution in [0.4, 0.5) is 8.78 Å². The number of ether oxygens (including phenoxy) is 1. The summed E-state index contributed by atoms with van der Waals surface area (Å²) in [5, 5.41) is 0.495. The van der Waals surface area contributed by atoms with Gasteiger partial charge >= 0.3 is 0 Å². The van der Waals surface area contributed by atoms with Crippen molar-refractivity contribution in [3.05, 3.63) is 82.9 Å². The van der Waals surface area contributed by atoms with Crippen LogP contribution in [0.15, 0.2) is 60.7 Å². The van der Waals surface area contributed by atoms with Gasteiger partial charge in [-0.1, -0.05) is 41.9 Å². The van der Waals surface area contributed by atoms with E-state index in [9.17, 15) is 13.6 Å². The third-order valence-corrected chi connectivity index (χ3v) is 5.13. The Morgan fingerprint density at radius 3 is 2.34 bits per heavy atom. The van der Waals surface area contributed by atoms with Crippen molar-refractivity contribution in [2.75, 3.05) is 13.1 Å². The maximum absolute atomic E-state index is 14.7. The van der Waals surface area contributed by atoms with Crippen molar-refractivity contribution in [3.63, 3.8) is 0 Å². The van der Waals surface area contributed by atoms with E-state index in [-0.39, 0.29) is 11.3 Å². The molecule has 0 atom stereocenters. The van der Waals surface area contributed by atoms with E-state index in [1.807, 2.05) is 30.3 Å². The monoisotopic (exact) mass is 413 g/mol. The van der Waals surface area contributed by atoms with Gasteiger partial charge in [-0.25, -0.2) is 8.78 Å². The van der Waals surface area contributed by atoms with Crippen LogP contribution in [0, 0.1) is 11.6 Å². The maximum atomic E-state index is 14.7. The van der Waals surface area contributed by atoms with Crippen molar-refractivity contribution in [1.29, 1.82) is 0 Å². The molecular weight excluding hydrogens is 396 g/mol. The number of likely N-dealkylation sites (tertiary alicyclic amines) is 1. The summed E-state index contributed by atoms with van der Waals surface area (Å²) in [6, 6.07) is 16.1. The lowest BCUT2D eigenvalue weighted by Crippen LogP contribution is -2.28. The van der Waals surface area contributed by atoms with Crippen LogP contribution in [0.3, 0.4) is 0 Å². The number of nitrogens with zero attached hydrogens (tertiary/aromatic N) is 1. The van der Waals surface area contributed by atoms with E-state index in [4.69, 9.17) is 16.3 Å². The molecule has 148 valence electrons. The zero-order chi connectivity index (χ0) is 20.4. The van der Waals surface area contributed by atoms with Gasteiger partial charge in [0.15, 0.2) is 11.6 Å². The average Bonchev–Trinajstić information content (AvgIpc) is 3.27. The van der Waals surface area contributed by atoms with Gasteiger partial charge < -0.3 is 9.64 Å². The summed E-state index contributed by atoms with van der Waals surface area (Å²) < 4.78 is 35.0. The number of benzene rings is 3. The van der Waals surface area contributed by atoms with Gasteiger partial charge in [0.25, 0.3) is 5.91 Å². The quantitative estimate of drug-likeness (QED) is 0.501. The van der Waals surface area contributed by atoms with E-state index < -0.39 is 17.5 Å². The van der Waals surface area contributed by atoms with Gasteiger partial charge in [-0.05, 0) is 42.7 Å². The Labute approximate surface area is 172 Å². The minimum Gasteiger partial charge on any atom is -0.454 e. The molecule has 3 nitrogen and oxygen atoms in total. The molecule has 3 aromatic carbocycles. The normalized spacial score (nSPS) is 13.6. The summed E-state index contributed by atoms with van der Waals surface area (Å²) in [4.78, 5) is 14.0. The molecule has 1 heterocycles. The van der Waals surface area contributed by atoms with E-state index in [2.05, 4.69) is 0 Å². The Kier molecular flexibility index (Phi) is 5.49. The summed E-state index contributed by atoms with van der Waals surface area (Å²) in [7, 11) is 0. The highest BCUT2D eigenvalue weighted by Crippen LogP contribution is 2.37. The second kappa shape index (κ2) is 8.21. The largest absolute Gasteiger partial charge is 0.454 e. The lowest BCUT2D eigenvalue weighted by Gasteiger charge is -2.17. The highest BCUT2D eigenvalue weighted by molar-refractivity contribution is 6.31. The molecular formula is C23H18ClF2NO2. The molecule has 1 fully saturated rings. The molecule has 4 rings (SSSR count). The molecule has 1 saturated heterocycles. The van der Waals surface area contributed by atoms with E-state index in [1.165, 1.54) is 4.90 Å². The van der Waals surface area contributed by atoms with E-state index in [0.717, 1.165) is 30.5 Å². The van der Waals surface area contributed by atoms with Crippen LogP contribution in [0.5, 0.6) is 11.5 Å². The second-order valence-corrected chi connectivity index (χ2v) is 7.31. The lowest BCUT2D eigenvalue weighted by atomic mass is 10.0. The summed E-state index contributed by atoms with van der Waals surface area (Å²) in [6.45, 7) is 1.12. The topological polar surface area (TPSA) is 29.5 Å². The molecule has 0 aliphatic carbocycles. The molecule has 29 heavy (non-hydrogen) atoms. The van der Waals surface area contributed by atoms with Gasteiger partial charge in [0.1, 0.15) is 11.6 Å². The van der Waals surface area contributed by atoms with Crippen molar-refractivity contribution < 1.29 is 18.3 Å². The Morgan fingerprint density at radius 2 is 1.62 bits per heavy atom. The van der Waals surface area contributed by atoms with Crippen molar-refractivity contribution in [2.24, 2.45) is 0 Å². The number of halogens is 3. The number of hydrogen-bond donors (Lipinski definition) is 0. The zero-order valence-electron chi connectivity index (χ0n) is 15.5. The van der Waals surface area contributed by atoms with Gasteiger partial charge in [0, 0.05) is 29.7 Å². The Bertz CT molecular complexity index is 1050. The first-order chi connectivity index (χ1) is 14.0. The average molecular weight is 414 g/mol. The van der Waals surface area contributed by atoms with Gasteiger partial charge in [-0.15, -0.1) is 0 Å². The molecule has 1 amide bonds. The molecule has 0 N–H and O–H groups in total. The number of carbonyl (C=O) groups is 1. The van der Waals surface area contributed by atoms with Gasteiger partial charge in [0.05, 0.1) is 5.56 Å². The van der Waals surface area contributed by atoms with Crippen LogP contribution >= 0.6 is 11.6 Å². The van der Waals surface area contributed by atoms with Crippen LogP contribution in [-0.2, 0) is 0 Å². The molecule has 0 bridgehead atoms. The van der Waals surface area contributed by atoms with Crippen LogP contribution in [-0.4, -0.2) is 23.9 Å². The van der Waals surface area contributed by atoms with Crippen molar-refractivity contribution in [2.45, 2.75) is 12.8 Å². The summed E-state index contributed by atoms with van der Waals surface area (Å²) in [5.41, 5.74) is 1.19. The van der Waals surface area contributed by atoms with Crippen molar-refractivity contribution in [1.82, 2.24) is 4.90 Å². The van der Waals surface area contributed by atoms with E-state index in [0.29, 0.717) is 29.4 Å². The zero-order valence-corrected chi connectivity index (χ0v) is 16.3. The molecule has 0 unspecified atom stereocenters. The first-order valence-electron chi connectivity index (χ1n) is 9.34. The molecule has 0 spiro atoms. The fourth-order valence-electron chi connectivity index (χ4n) is 3.41. The van der Waals surface area contributed by atoms with Crippen LogP contribution in [0.25, 0.3) is 11.1 Å².